The third-order valence-corrected chi connectivity index (χ3v) is 5.55. The molecule has 0 aromatic rings. The number of fused-ring (bicyclic) bond motifs is 2. The highest BCUT2D eigenvalue weighted by molar-refractivity contribution is 4.96. The standard InChI is InChI=1S/C15H29N3/c1-12(10-16)11-17-4-6-18(7-5-17)15-9-13-2-3-14(15)8-13/h12-15H,2-11,16H2,1H3. The van der Waals surface area contributed by atoms with Crippen LogP contribution >= 0.6 is 0 Å². The van der Waals surface area contributed by atoms with Crippen molar-refractivity contribution in [2.45, 2.75) is 38.6 Å². The minimum absolute atomic E-state index is 0.652. The van der Waals surface area contributed by atoms with Crippen molar-refractivity contribution < 1.29 is 0 Å². The fourth-order valence-corrected chi connectivity index (χ4v) is 4.45. The van der Waals surface area contributed by atoms with Crippen LogP contribution < -0.4 is 5.73 Å². The molecular formula is C15H29N3. The molecule has 4 atom stereocenters. The maximum atomic E-state index is 5.72. The van der Waals surface area contributed by atoms with Gasteiger partial charge in [0.1, 0.15) is 0 Å². The Morgan fingerprint density at radius 2 is 1.89 bits per heavy atom. The Hall–Kier alpha value is -0.120. The smallest absolute Gasteiger partial charge is 0.0127 e. The van der Waals surface area contributed by atoms with Crippen LogP contribution in [0, 0.1) is 17.8 Å². The van der Waals surface area contributed by atoms with Gasteiger partial charge in [0, 0.05) is 38.8 Å². The molecule has 18 heavy (non-hydrogen) atoms. The van der Waals surface area contributed by atoms with Crippen LogP contribution in [0.5, 0.6) is 0 Å². The van der Waals surface area contributed by atoms with E-state index in [0.717, 1.165) is 24.4 Å². The summed E-state index contributed by atoms with van der Waals surface area (Å²) >= 11 is 0. The van der Waals surface area contributed by atoms with Gasteiger partial charge in [-0.15, -0.1) is 0 Å². The predicted molar refractivity (Wildman–Crippen MR) is 75.5 cm³/mol. The SMILES string of the molecule is CC(CN)CN1CCN(C2CC3CCC2C3)CC1. The summed E-state index contributed by atoms with van der Waals surface area (Å²) in [5.41, 5.74) is 5.72. The summed E-state index contributed by atoms with van der Waals surface area (Å²) in [5, 5.41) is 0. The van der Waals surface area contributed by atoms with E-state index in [2.05, 4.69) is 16.7 Å². The summed E-state index contributed by atoms with van der Waals surface area (Å²) in [7, 11) is 0. The van der Waals surface area contributed by atoms with E-state index in [4.69, 9.17) is 5.73 Å². The van der Waals surface area contributed by atoms with Gasteiger partial charge in [0.15, 0.2) is 0 Å². The highest BCUT2D eigenvalue weighted by atomic mass is 15.3. The van der Waals surface area contributed by atoms with Crippen LogP contribution in [0.3, 0.4) is 0 Å². The largest absolute Gasteiger partial charge is 0.330 e. The molecule has 104 valence electrons. The van der Waals surface area contributed by atoms with Crippen LogP contribution in [0.2, 0.25) is 0 Å². The lowest BCUT2D eigenvalue weighted by Crippen LogP contribution is -2.52. The van der Waals surface area contributed by atoms with Gasteiger partial charge in [0.2, 0.25) is 0 Å². The van der Waals surface area contributed by atoms with Gasteiger partial charge in [-0.2, -0.15) is 0 Å². The first kappa shape index (κ1) is 12.9. The van der Waals surface area contributed by atoms with Crippen molar-refractivity contribution in [2.75, 3.05) is 39.3 Å². The van der Waals surface area contributed by atoms with E-state index in [1.165, 1.54) is 58.4 Å². The van der Waals surface area contributed by atoms with E-state index in [-0.39, 0.29) is 0 Å². The lowest BCUT2D eigenvalue weighted by molar-refractivity contribution is 0.0656. The number of piperazine rings is 1. The number of nitrogens with zero attached hydrogens (tertiary/aromatic N) is 2. The molecule has 4 unspecified atom stereocenters. The minimum Gasteiger partial charge on any atom is -0.330 e. The van der Waals surface area contributed by atoms with Crippen molar-refractivity contribution in [1.82, 2.24) is 9.80 Å². The molecule has 2 saturated carbocycles. The monoisotopic (exact) mass is 251 g/mol. The molecule has 1 heterocycles. The third-order valence-electron chi connectivity index (χ3n) is 5.55. The lowest BCUT2D eigenvalue weighted by Gasteiger charge is -2.41. The van der Waals surface area contributed by atoms with E-state index in [1.54, 1.807) is 0 Å². The van der Waals surface area contributed by atoms with Gasteiger partial charge in [-0.25, -0.2) is 0 Å². The molecule has 3 fully saturated rings. The van der Waals surface area contributed by atoms with Crippen molar-refractivity contribution in [3.05, 3.63) is 0 Å². The first-order chi connectivity index (χ1) is 8.76. The van der Waals surface area contributed by atoms with E-state index >= 15 is 0 Å². The van der Waals surface area contributed by atoms with Gasteiger partial charge < -0.3 is 10.6 Å². The summed E-state index contributed by atoms with van der Waals surface area (Å²) in [6.07, 6.45) is 6.08. The normalized spacial score (nSPS) is 39.3. The average Bonchev–Trinajstić information content (AvgIpc) is 3.02. The molecule has 3 rings (SSSR count). The molecule has 0 radical (unpaired) electrons. The Morgan fingerprint density at radius 3 is 2.44 bits per heavy atom. The van der Waals surface area contributed by atoms with Crippen molar-refractivity contribution in [3.63, 3.8) is 0 Å². The molecule has 3 nitrogen and oxygen atoms in total. The van der Waals surface area contributed by atoms with Crippen LogP contribution in [0.4, 0.5) is 0 Å². The molecule has 0 amide bonds. The van der Waals surface area contributed by atoms with Gasteiger partial charge in [0.05, 0.1) is 0 Å². The zero-order valence-electron chi connectivity index (χ0n) is 11.9. The van der Waals surface area contributed by atoms with E-state index in [9.17, 15) is 0 Å². The zero-order valence-corrected chi connectivity index (χ0v) is 11.9. The second-order valence-electron chi connectivity index (χ2n) is 6.92. The molecule has 1 saturated heterocycles. The first-order valence-corrected chi connectivity index (χ1v) is 7.92. The molecular weight excluding hydrogens is 222 g/mol. The summed E-state index contributed by atoms with van der Waals surface area (Å²) < 4.78 is 0. The molecule has 2 bridgehead atoms. The van der Waals surface area contributed by atoms with Crippen molar-refractivity contribution >= 4 is 0 Å². The fourth-order valence-electron chi connectivity index (χ4n) is 4.45. The maximum Gasteiger partial charge on any atom is 0.0127 e. The van der Waals surface area contributed by atoms with Crippen LogP contribution in [-0.2, 0) is 0 Å². The maximum absolute atomic E-state index is 5.72. The zero-order chi connectivity index (χ0) is 12.5. The molecule has 2 N–H and O–H groups in total. The topological polar surface area (TPSA) is 32.5 Å². The number of hydrogen-bond acceptors (Lipinski definition) is 3. The molecule has 0 spiro atoms. The molecule has 1 aliphatic heterocycles. The van der Waals surface area contributed by atoms with Gasteiger partial charge in [0.25, 0.3) is 0 Å². The number of rotatable bonds is 4. The second-order valence-corrected chi connectivity index (χ2v) is 6.92. The summed E-state index contributed by atoms with van der Waals surface area (Å²) in [5.74, 6) is 2.78. The van der Waals surface area contributed by atoms with E-state index < -0.39 is 0 Å². The van der Waals surface area contributed by atoms with Crippen LogP contribution in [0.1, 0.15) is 32.6 Å². The number of nitrogens with two attached hydrogens (primary N) is 1. The fraction of sp³-hybridized carbons (Fsp3) is 1.00. The van der Waals surface area contributed by atoms with Crippen LogP contribution in [0.15, 0.2) is 0 Å². The first-order valence-electron chi connectivity index (χ1n) is 7.92. The predicted octanol–water partition coefficient (Wildman–Crippen LogP) is 1.39. The van der Waals surface area contributed by atoms with E-state index in [1.807, 2.05) is 0 Å². The Labute approximate surface area is 112 Å². The van der Waals surface area contributed by atoms with Crippen molar-refractivity contribution in [2.24, 2.45) is 23.5 Å². The second kappa shape index (κ2) is 5.48. The minimum atomic E-state index is 0.652. The van der Waals surface area contributed by atoms with Gasteiger partial charge in [-0.3, -0.25) is 4.90 Å². The Morgan fingerprint density at radius 1 is 1.11 bits per heavy atom. The Bertz CT molecular complexity index is 273. The van der Waals surface area contributed by atoms with Gasteiger partial charge >= 0.3 is 0 Å². The average molecular weight is 251 g/mol. The van der Waals surface area contributed by atoms with Crippen molar-refractivity contribution in [3.8, 4) is 0 Å². The molecule has 3 aliphatic rings. The molecule has 2 aliphatic carbocycles. The van der Waals surface area contributed by atoms with E-state index in [0.29, 0.717) is 5.92 Å². The third kappa shape index (κ3) is 2.59. The van der Waals surface area contributed by atoms with Crippen LogP contribution in [-0.4, -0.2) is 55.1 Å². The summed E-state index contributed by atoms with van der Waals surface area (Å²) in [4.78, 5) is 5.41. The quantitative estimate of drug-likeness (QED) is 0.819. The Kier molecular flexibility index (Phi) is 3.92. The van der Waals surface area contributed by atoms with Gasteiger partial charge in [-0.1, -0.05) is 13.3 Å². The summed E-state index contributed by atoms with van der Waals surface area (Å²) in [6.45, 7) is 9.41. The molecule has 3 heteroatoms. The van der Waals surface area contributed by atoms with Crippen LogP contribution in [0.25, 0.3) is 0 Å². The molecule has 0 aromatic heterocycles. The van der Waals surface area contributed by atoms with Crippen molar-refractivity contribution in [1.29, 1.82) is 0 Å². The van der Waals surface area contributed by atoms with Gasteiger partial charge in [-0.05, 0) is 43.6 Å². The highest BCUT2D eigenvalue weighted by Crippen LogP contribution is 2.46. The lowest BCUT2D eigenvalue weighted by atomic mass is 9.93. The highest BCUT2D eigenvalue weighted by Gasteiger charge is 2.42. The Balaban J connectivity index is 1.45. The summed E-state index contributed by atoms with van der Waals surface area (Å²) in [6, 6.07) is 0.942. The molecule has 0 aromatic carbocycles. The number of hydrogen-bond donors (Lipinski definition) is 1.